The summed E-state index contributed by atoms with van der Waals surface area (Å²) in [6.07, 6.45) is 0. The Morgan fingerprint density at radius 3 is 2.53 bits per heavy atom. The maximum Gasteiger partial charge on any atom is 0.271 e. The molecule has 0 radical (unpaired) electrons. The molecule has 0 amide bonds. The van der Waals surface area contributed by atoms with Gasteiger partial charge >= 0.3 is 0 Å². The first kappa shape index (κ1) is 13.7. The van der Waals surface area contributed by atoms with Crippen molar-refractivity contribution >= 4 is 32.7 Å². The molecule has 0 spiro atoms. The molecule has 1 aromatic heterocycles. The van der Waals surface area contributed by atoms with Crippen molar-refractivity contribution in [2.45, 2.75) is 11.1 Å². The number of hydrogen-bond donors (Lipinski definition) is 2. The van der Waals surface area contributed by atoms with Crippen LogP contribution in [0, 0.1) is 6.92 Å². The first-order chi connectivity index (χ1) is 8.92. The number of hydrogen-bond acceptors (Lipinski definition) is 5. The second-order valence-corrected chi connectivity index (χ2v) is 7.12. The van der Waals surface area contributed by atoms with Gasteiger partial charge in [-0.15, -0.1) is 11.3 Å². The van der Waals surface area contributed by atoms with Crippen LogP contribution in [-0.4, -0.2) is 15.5 Å². The van der Waals surface area contributed by atoms with Gasteiger partial charge in [0.05, 0.1) is 18.5 Å². The van der Waals surface area contributed by atoms with Crippen LogP contribution in [0.2, 0.25) is 0 Å². The van der Waals surface area contributed by atoms with Gasteiger partial charge in [-0.1, -0.05) is 0 Å². The van der Waals surface area contributed by atoms with Crippen molar-refractivity contribution in [3.05, 3.63) is 35.2 Å². The molecule has 0 atom stereocenters. The zero-order valence-electron chi connectivity index (χ0n) is 10.5. The molecular weight excluding hydrogens is 284 g/mol. The van der Waals surface area contributed by atoms with Crippen LogP contribution in [0.15, 0.2) is 34.5 Å². The number of thiophene rings is 1. The highest BCUT2D eigenvalue weighted by molar-refractivity contribution is 7.94. The van der Waals surface area contributed by atoms with Gasteiger partial charge in [0.1, 0.15) is 9.96 Å². The minimum absolute atomic E-state index is 0.264. The second-order valence-electron chi connectivity index (χ2n) is 3.92. The van der Waals surface area contributed by atoms with Crippen molar-refractivity contribution in [3.63, 3.8) is 0 Å². The Bertz CT molecular complexity index is 693. The van der Waals surface area contributed by atoms with Gasteiger partial charge in [-0.05, 0) is 31.2 Å². The number of nitrogens with one attached hydrogen (secondary N) is 1. The lowest BCUT2D eigenvalue weighted by Crippen LogP contribution is -2.12. The third-order valence-electron chi connectivity index (χ3n) is 2.48. The fourth-order valence-corrected chi connectivity index (χ4v) is 3.88. The summed E-state index contributed by atoms with van der Waals surface area (Å²) < 4.78 is 32.0. The SMILES string of the molecule is COc1ccc(NS(=O)(=O)c2ccc(C)s2)c(N)c1. The van der Waals surface area contributed by atoms with Gasteiger partial charge in [-0.2, -0.15) is 0 Å². The number of nitrogen functional groups attached to an aromatic ring is 1. The molecule has 1 aromatic carbocycles. The van der Waals surface area contributed by atoms with E-state index < -0.39 is 10.0 Å². The lowest BCUT2D eigenvalue weighted by atomic mass is 10.2. The molecule has 5 nitrogen and oxygen atoms in total. The molecule has 0 saturated carbocycles. The Balaban J connectivity index is 2.30. The Morgan fingerprint density at radius 1 is 1.26 bits per heavy atom. The first-order valence-corrected chi connectivity index (χ1v) is 7.75. The molecule has 102 valence electrons. The molecule has 0 unspecified atom stereocenters. The largest absolute Gasteiger partial charge is 0.497 e. The zero-order chi connectivity index (χ0) is 14.0. The van der Waals surface area contributed by atoms with Gasteiger partial charge in [0.15, 0.2) is 0 Å². The number of benzene rings is 1. The molecule has 2 aromatic rings. The number of aryl methyl sites for hydroxylation is 1. The van der Waals surface area contributed by atoms with E-state index in [1.807, 2.05) is 6.92 Å². The van der Waals surface area contributed by atoms with Crippen molar-refractivity contribution in [1.29, 1.82) is 0 Å². The van der Waals surface area contributed by atoms with Gasteiger partial charge in [0.2, 0.25) is 0 Å². The summed E-state index contributed by atoms with van der Waals surface area (Å²) >= 11 is 1.21. The number of methoxy groups -OCH3 is 1. The molecule has 0 aliphatic rings. The van der Waals surface area contributed by atoms with Crippen LogP contribution in [0.4, 0.5) is 11.4 Å². The topological polar surface area (TPSA) is 81.4 Å². The molecule has 0 saturated heterocycles. The molecule has 0 bridgehead atoms. The molecule has 19 heavy (non-hydrogen) atoms. The Hall–Kier alpha value is -1.73. The van der Waals surface area contributed by atoms with E-state index in [9.17, 15) is 8.42 Å². The fourth-order valence-electron chi connectivity index (χ4n) is 1.51. The van der Waals surface area contributed by atoms with Crippen LogP contribution in [0.1, 0.15) is 4.88 Å². The molecule has 1 heterocycles. The van der Waals surface area contributed by atoms with Crippen molar-refractivity contribution in [2.24, 2.45) is 0 Å². The lowest BCUT2D eigenvalue weighted by molar-refractivity contribution is 0.415. The van der Waals surface area contributed by atoms with Crippen LogP contribution in [0.25, 0.3) is 0 Å². The normalized spacial score (nSPS) is 11.3. The fraction of sp³-hybridized carbons (Fsp3) is 0.167. The number of rotatable bonds is 4. The average Bonchev–Trinajstić information content (AvgIpc) is 2.79. The summed E-state index contributed by atoms with van der Waals surface area (Å²) in [4.78, 5) is 0.933. The Morgan fingerprint density at radius 2 is 2.00 bits per heavy atom. The predicted molar refractivity (Wildman–Crippen MR) is 77.3 cm³/mol. The number of nitrogens with two attached hydrogens (primary N) is 1. The Kier molecular flexibility index (Phi) is 3.68. The van der Waals surface area contributed by atoms with Gasteiger partial charge in [-0.3, -0.25) is 4.72 Å². The van der Waals surface area contributed by atoms with Crippen LogP contribution in [-0.2, 0) is 10.0 Å². The number of anilines is 2. The lowest BCUT2D eigenvalue weighted by Gasteiger charge is -2.10. The summed E-state index contributed by atoms with van der Waals surface area (Å²) in [5.74, 6) is 0.576. The molecule has 2 rings (SSSR count). The van der Waals surface area contributed by atoms with Crippen molar-refractivity contribution < 1.29 is 13.2 Å². The molecule has 7 heteroatoms. The molecule has 0 aliphatic heterocycles. The van der Waals surface area contributed by atoms with E-state index in [4.69, 9.17) is 10.5 Å². The highest BCUT2D eigenvalue weighted by atomic mass is 32.2. The minimum Gasteiger partial charge on any atom is -0.497 e. The van der Waals surface area contributed by atoms with Crippen LogP contribution in [0.3, 0.4) is 0 Å². The third-order valence-corrected chi connectivity index (χ3v) is 5.34. The van der Waals surface area contributed by atoms with Gasteiger partial charge in [0, 0.05) is 10.9 Å². The predicted octanol–water partition coefficient (Wildman–Crippen LogP) is 2.45. The summed E-state index contributed by atoms with van der Waals surface area (Å²) in [6, 6.07) is 8.12. The molecular formula is C12H14N2O3S2. The Labute approximate surface area is 116 Å². The van der Waals surface area contributed by atoms with Crippen molar-refractivity contribution in [2.75, 3.05) is 17.6 Å². The van der Waals surface area contributed by atoms with Crippen molar-refractivity contribution in [3.8, 4) is 5.75 Å². The summed E-state index contributed by atoms with van der Waals surface area (Å²) in [6.45, 7) is 1.85. The molecule has 0 aliphatic carbocycles. The van der Waals surface area contributed by atoms with E-state index in [0.29, 0.717) is 17.1 Å². The van der Waals surface area contributed by atoms with E-state index in [0.717, 1.165) is 4.88 Å². The maximum atomic E-state index is 12.1. The minimum atomic E-state index is -3.59. The van der Waals surface area contributed by atoms with Crippen LogP contribution < -0.4 is 15.2 Å². The van der Waals surface area contributed by atoms with Crippen molar-refractivity contribution in [1.82, 2.24) is 0 Å². The maximum absolute atomic E-state index is 12.1. The smallest absolute Gasteiger partial charge is 0.271 e. The summed E-state index contributed by atoms with van der Waals surface area (Å²) in [5.41, 5.74) is 6.44. The van der Waals surface area contributed by atoms with E-state index >= 15 is 0 Å². The second kappa shape index (κ2) is 5.10. The molecule has 3 N–H and O–H groups in total. The average molecular weight is 298 g/mol. The standard InChI is InChI=1S/C12H14N2O3S2/c1-8-3-6-12(18-8)19(15,16)14-11-5-4-9(17-2)7-10(11)13/h3-7,14H,13H2,1-2H3. The van der Waals surface area contributed by atoms with E-state index in [1.54, 1.807) is 30.3 Å². The van der Waals surface area contributed by atoms with E-state index in [1.165, 1.54) is 18.4 Å². The highest BCUT2D eigenvalue weighted by Gasteiger charge is 2.17. The van der Waals surface area contributed by atoms with Crippen LogP contribution in [0.5, 0.6) is 5.75 Å². The summed E-state index contributed by atoms with van der Waals surface area (Å²) in [7, 11) is -2.07. The van der Waals surface area contributed by atoms with E-state index in [2.05, 4.69) is 4.72 Å². The van der Waals surface area contributed by atoms with Gasteiger partial charge in [-0.25, -0.2) is 8.42 Å². The highest BCUT2D eigenvalue weighted by Crippen LogP contribution is 2.28. The summed E-state index contributed by atoms with van der Waals surface area (Å²) in [5, 5.41) is 0. The zero-order valence-corrected chi connectivity index (χ0v) is 12.1. The number of sulfonamides is 1. The first-order valence-electron chi connectivity index (χ1n) is 5.45. The van der Waals surface area contributed by atoms with Gasteiger partial charge < -0.3 is 10.5 Å². The van der Waals surface area contributed by atoms with Crippen LogP contribution >= 0.6 is 11.3 Å². The monoisotopic (exact) mass is 298 g/mol. The third kappa shape index (κ3) is 2.99. The molecule has 0 fully saturated rings. The van der Waals surface area contributed by atoms with E-state index in [-0.39, 0.29) is 4.21 Å². The quantitative estimate of drug-likeness (QED) is 0.849. The number of ether oxygens (including phenoxy) is 1. The van der Waals surface area contributed by atoms with Gasteiger partial charge in [0.25, 0.3) is 10.0 Å².